The van der Waals surface area contributed by atoms with Crippen LogP contribution in [0.5, 0.6) is 0 Å². The van der Waals surface area contributed by atoms with Crippen molar-refractivity contribution in [1.82, 2.24) is 0 Å². The maximum Gasteiger partial charge on any atom is 0.318 e. The van der Waals surface area contributed by atoms with E-state index in [9.17, 15) is 14.4 Å². The van der Waals surface area contributed by atoms with E-state index in [1.54, 1.807) is 27.7 Å². The second-order valence-electron chi connectivity index (χ2n) is 5.66. The first-order valence-electron chi connectivity index (χ1n) is 7.02. The molecule has 0 rings (SSSR count). The van der Waals surface area contributed by atoms with Crippen LogP contribution in [0, 0.1) is 5.41 Å². The molecule has 9 heteroatoms. The number of hydrogen-bond acceptors (Lipinski definition) is 9. The highest BCUT2D eigenvalue weighted by atomic mass is 32.1. The third-order valence-electron chi connectivity index (χ3n) is 2.71. The summed E-state index contributed by atoms with van der Waals surface area (Å²) in [5.41, 5.74) is -0.880. The van der Waals surface area contributed by atoms with Gasteiger partial charge in [0.25, 0.3) is 0 Å². The molecule has 0 aliphatic heterocycles. The molecule has 0 aromatic rings. The fourth-order valence-corrected chi connectivity index (χ4v) is 1.45. The summed E-state index contributed by atoms with van der Waals surface area (Å²) in [6.45, 7) is 6.16. The maximum absolute atomic E-state index is 11.5. The van der Waals surface area contributed by atoms with Crippen molar-refractivity contribution < 1.29 is 28.6 Å². The molecule has 0 aromatic carbocycles. The molecule has 0 fully saturated rings. The van der Waals surface area contributed by atoms with Crippen LogP contribution in [0.3, 0.4) is 0 Å². The number of carbonyl (C=O) groups is 3. The lowest BCUT2D eigenvalue weighted by molar-refractivity contribution is -0.159. The van der Waals surface area contributed by atoms with E-state index in [0.29, 0.717) is 0 Å². The van der Waals surface area contributed by atoms with Gasteiger partial charge in [-0.1, -0.05) is 0 Å². The van der Waals surface area contributed by atoms with Gasteiger partial charge in [0.1, 0.15) is 19.8 Å². The van der Waals surface area contributed by atoms with Gasteiger partial charge in [0.15, 0.2) is 0 Å². The van der Waals surface area contributed by atoms with Crippen molar-refractivity contribution >= 4 is 55.8 Å². The van der Waals surface area contributed by atoms with Crippen LogP contribution in [0.25, 0.3) is 0 Å². The summed E-state index contributed by atoms with van der Waals surface area (Å²) in [4.78, 5) is 34.6. The Morgan fingerprint density at radius 3 is 1.13 bits per heavy atom. The van der Waals surface area contributed by atoms with E-state index in [2.05, 4.69) is 37.9 Å². The SMILES string of the molecule is CC(S)C(=O)OCC(C)(COC(=O)C(C)S)COC(=O)C(C)S. The normalized spacial score (nSPS) is 17.3. The topological polar surface area (TPSA) is 78.9 Å². The van der Waals surface area contributed by atoms with Gasteiger partial charge in [-0.3, -0.25) is 14.4 Å². The average molecular weight is 385 g/mol. The Hall–Kier alpha value is -0.540. The number of ether oxygens (including phenoxy) is 3. The molecule has 23 heavy (non-hydrogen) atoms. The van der Waals surface area contributed by atoms with Crippen molar-refractivity contribution in [1.29, 1.82) is 0 Å². The number of esters is 3. The van der Waals surface area contributed by atoms with Crippen LogP contribution in [0.2, 0.25) is 0 Å². The molecule has 0 radical (unpaired) electrons. The van der Waals surface area contributed by atoms with Gasteiger partial charge < -0.3 is 14.2 Å². The minimum absolute atomic E-state index is 0.0841. The van der Waals surface area contributed by atoms with Crippen LogP contribution in [-0.2, 0) is 28.6 Å². The zero-order chi connectivity index (χ0) is 18.2. The number of carbonyl (C=O) groups excluding carboxylic acids is 3. The fourth-order valence-electron chi connectivity index (χ4n) is 1.22. The van der Waals surface area contributed by atoms with Crippen LogP contribution in [0.15, 0.2) is 0 Å². The van der Waals surface area contributed by atoms with E-state index in [0.717, 1.165) is 0 Å². The highest BCUT2D eigenvalue weighted by Crippen LogP contribution is 2.20. The Morgan fingerprint density at radius 1 is 0.739 bits per heavy atom. The summed E-state index contributed by atoms with van der Waals surface area (Å²) in [6.07, 6.45) is 0. The maximum atomic E-state index is 11.5. The third kappa shape index (κ3) is 9.36. The lowest BCUT2D eigenvalue weighted by Gasteiger charge is -2.28. The second-order valence-corrected chi connectivity index (χ2v) is 7.99. The van der Waals surface area contributed by atoms with E-state index < -0.39 is 39.1 Å². The van der Waals surface area contributed by atoms with Crippen LogP contribution in [-0.4, -0.2) is 53.5 Å². The molecule has 3 unspecified atom stereocenters. The Bertz CT molecular complexity index is 363. The summed E-state index contributed by atoms with van der Waals surface area (Å²) < 4.78 is 15.4. The standard InChI is InChI=1S/C14H24O6S3/c1-8(21)11(15)18-5-14(4,6-19-12(16)9(2)22)7-20-13(17)10(3)23/h8-10,21-23H,5-7H2,1-4H3. The summed E-state index contributed by atoms with van der Waals surface area (Å²) >= 11 is 11.9. The van der Waals surface area contributed by atoms with Gasteiger partial charge in [0, 0.05) is 0 Å². The molecule has 3 atom stereocenters. The predicted molar refractivity (Wildman–Crippen MR) is 96.3 cm³/mol. The average Bonchev–Trinajstić information content (AvgIpc) is 2.47. The summed E-state index contributed by atoms with van der Waals surface area (Å²) in [6, 6.07) is 0. The van der Waals surface area contributed by atoms with Gasteiger partial charge in [-0.15, -0.1) is 0 Å². The van der Waals surface area contributed by atoms with E-state index in [4.69, 9.17) is 14.2 Å². The van der Waals surface area contributed by atoms with Crippen molar-refractivity contribution in [3.8, 4) is 0 Å². The van der Waals surface area contributed by atoms with Crippen LogP contribution in [0.1, 0.15) is 27.7 Å². The summed E-state index contributed by atoms with van der Waals surface area (Å²) in [5.74, 6) is -1.54. The smallest absolute Gasteiger partial charge is 0.318 e. The Morgan fingerprint density at radius 2 is 0.957 bits per heavy atom. The molecule has 6 nitrogen and oxygen atoms in total. The molecule has 0 aliphatic rings. The van der Waals surface area contributed by atoms with Crippen molar-refractivity contribution in [2.24, 2.45) is 5.41 Å². The number of rotatable bonds is 9. The van der Waals surface area contributed by atoms with Gasteiger partial charge in [-0.05, 0) is 27.7 Å². The zero-order valence-electron chi connectivity index (χ0n) is 13.6. The molecule has 0 aliphatic carbocycles. The van der Waals surface area contributed by atoms with E-state index in [-0.39, 0.29) is 19.8 Å². The van der Waals surface area contributed by atoms with Crippen molar-refractivity contribution in [2.45, 2.75) is 43.4 Å². The minimum atomic E-state index is -0.880. The molecule has 0 saturated heterocycles. The zero-order valence-corrected chi connectivity index (χ0v) is 16.3. The Kier molecular flexibility index (Phi) is 10.1. The van der Waals surface area contributed by atoms with Gasteiger partial charge >= 0.3 is 17.9 Å². The van der Waals surface area contributed by atoms with Crippen molar-refractivity contribution in [3.05, 3.63) is 0 Å². The fraction of sp³-hybridized carbons (Fsp3) is 0.786. The van der Waals surface area contributed by atoms with Crippen molar-refractivity contribution in [3.63, 3.8) is 0 Å². The van der Waals surface area contributed by atoms with Crippen LogP contribution >= 0.6 is 37.9 Å². The van der Waals surface area contributed by atoms with E-state index >= 15 is 0 Å². The first-order chi connectivity index (χ1) is 10.5. The van der Waals surface area contributed by atoms with Gasteiger partial charge in [-0.25, -0.2) is 0 Å². The number of thiol groups is 3. The Labute approximate surface area is 153 Å². The second kappa shape index (κ2) is 10.4. The van der Waals surface area contributed by atoms with Gasteiger partial charge in [-0.2, -0.15) is 37.9 Å². The molecule has 0 bridgehead atoms. The lowest BCUT2D eigenvalue weighted by Crippen LogP contribution is -2.38. The Balaban J connectivity index is 4.78. The quantitative estimate of drug-likeness (QED) is 0.318. The van der Waals surface area contributed by atoms with Crippen molar-refractivity contribution in [2.75, 3.05) is 19.8 Å². The first-order valence-corrected chi connectivity index (χ1v) is 8.57. The monoisotopic (exact) mass is 384 g/mol. The molecule has 0 heterocycles. The third-order valence-corrected chi connectivity index (χ3v) is 3.34. The molecule has 0 amide bonds. The van der Waals surface area contributed by atoms with Gasteiger partial charge in [0.2, 0.25) is 0 Å². The highest BCUT2D eigenvalue weighted by molar-refractivity contribution is 7.82. The molecule has 134 valence electrons. The van der Waals surface area contributed by atoms with E-state index in [1.807, 2.05) is 0 Å². The largest absolute Gasteiger partial charge is 0.464 e. The van der Waals surface area contributed by atoms with Crippen LogP contribution in [0.4, 0.5) is 0 Å². The molecule has 0 spiro atoms. The molecular weight excluding hydrogens is 360 g/mol. The highest BCUT2D eigenvalue weighted by Gasteiger charge is 2.32. The lowest BCUT2D eigenvalue weighted by atomic mass is 9.94. The van der Waals surface area contributed by atoms with Gasteiger partial charge in [0.05, 0.1) is 21.2 Å². The molecule has 0 N–H and O–H groups in total. The molecular formula is C14H24O6S3. The summed E-state index contributed by atoms with van der Waals surface area (Å²) in [7, 11) is 0. The molecule has 0 aromatic heterocycles. The minimum Gasteiger partial charge on any atom is -0.464 e. The number of hydrogen-bond donors (Lipinski definition) is 3. The molecule has 0 saturated carbocycles. The summed E-state index contributed by atoms with van der Waals surface area (Å²) in [5, 5.41) is -1.75. The first kappa shape index (κ1) is 22.5. The van der Waals surface area contributed by atoms with E-state index in [1.165, 1.54) is 0 Å². The van der Waals surface area contributed by atoms with Crippen LogP contribution < -0.4 is 0 Å². The predicted octanol–water partition coefficient (Wildman–Crippen LogP) is 1.58.